The Morgan fingerprint density at radius 3 is 2.32 bits per heavy atom. The van der Waals surface area contributed by atoms with Crippen molar-refractivity contribution >= 4 is 40.8 Å². The zero-order valence-electron chi connectivity index (χ0n) is 14.6. The van der Waals surface area contributed by atoms with Crippen LogP contribution in [-0.4, -0.2) is 24.0 Å². The molecule has 3 N–H and O–H groups in total. The van der Waals surface area contributed by atoms with E-state index in [1.165, 1.54) is 7.11 Å². The van der Waals surface area contributed by atoms with Gasteiger partial charge in [0.1, 0.15) is 4.88 Å². The van der Waals surface area contributed by atoms with Crippen LogP contribution in [0.2, 0.25) is 0 Å². The number of nitrogens with one attached hydrogen (secondary N) is 1. The van der Waals surface area contributed by atoms with E-state index in [1.54, 1.807) is 24.3 Å². The number of thiazole rings is 1. The zero-order chi connectivity index (χ0) is 17.9. The highest BCUT2D eigenvalue weighted by Gasteiger charge is 2.28. The molecule has 0 saturated carbocycles. The molecule has 0 fully saturated rings. The van der Waals surface area contributed by atoms with Crippen molar-refractivity contribution in [3.8, 4) is 0 Å². The summed E-state index contributed by atoms with van der Waals surface area (Å²) in [7, 11) is 1.33. The van der Waals surface area contributed by atoms with Crippen LogP contribution in [0.4, 0.5) is 5.13 Å². The van der Waals surface area contributed by atoms with E-state index >= 15 is 0 Å². The summed E-state index contributed by atoms with van der Waals surface area (Å²) in [5, 5.41) is 3.11. The first kappa shape index (κ1) is 21.1. The number of benzene rings is 1. The predicted molar refractivity (Wildman–Crippen MR) is 102 cm³/mol. The van der Waals surface area contributed by atoms with E-state index in [0.717, 1.165) is 16.9 Å². The summed E-state index contributed by atoms with van der Waals surface area (Å²) in [5.74, 6) is -0.741. The number of carbonyl (C=O) groups excluding carboxylic acids is 2. The fourth-order valence-corrected chi connectivity index (χ4v) is 3.16. The Morgan fingerprint density at radius 2 is 1.84 bits per heavy atom. The fourth-order valence-electron chi connectivity index (χ4n) is 2.07. The molecule has 1 aromatic carbocycles. The molecule has 0 bridgehead atoms. The highest BCUT2D eigenvalue weighted by Crippen LogP contribution is 2.32. The lowest BCUT2D eigenvalue weighted by atomic mass is 9.91. The van der Waals surface area contributed by atoms with Crippen LogP contribution in [0.3, 0.4) is 0 Å². The van der Waals surface area contributed by atoms with E-state index in [2.05, 4.69) is 10.3 Å². The maximum Gasteiger partial charge on any atom is 0.350 e. The van der Waals surface area contributed by atoms with E-state index in [4.69, 9.17) is 10.5 Å². The molecule has 8 heteroatoms. The van der Waals surface area contributed by atoms with Gasteiger partial charge < -0.3 is 10.5 Å². The Labute approximate surface area is 157 Å². The molecule has 25 heavy (non-hydrogen) atoms. The second kappa shape index (κ2) is 8.42. The number of nitrogens with two attached hydrogens (primary N) is 1. The largest absolute Gasteiger partial charge is 0.465 e. The Hall–Kier alpha value is -1.96. The zero-order valence-corrected chi connectivity index (χ0v) is 16.2. The van der Waals surface area contributed by atoms with Crippen LogP contribution >= 0.6 is 23.7 Å². The molecule has 0 atom stereocenters. The van der Waals surface area contributed by atoms with E-state index in [-0.39, 0.29) is 23.7 Å². The van der Waals surface area contributed by atoms with E-state index in [9.17, 15) is 9.59 Å². The first-order valence-corrected chi connectivity index (χ1v) is 8.28. The number of carbonyl (C=O) groups is 2. The molecule has 2 aromatic rings. The summed E-state index contributed by atoms with van der Waals surface area (Å²) in [6.07, 6.45) is 0. The van der Waals surface area contributed by atoms with Gasteiger partial charge in [-0.15, -0.1) is 12.4 Å². The molecular weight excluding hydrogens is 362 g/mol. The topological polar surface area (TPSA) is 94.3 Å². The van der Waals surface area contributed by atoms with Gasteiger partial charge in [-0.1, -0.05) is 44.2 Å². The number of aromatic nitrogens is 1. The molecular formula is C17H22ClN3O3S. The van der Waals surface area contributed by atoms with Gasteiger partial charge in [-0.25, -0.2) is 9.78 Å². The predicted octanol–water partition coefficient (Wildman–Crippen LogP) is 3.36. The number of ether oxygens (including phenoxy) is 1. The quantitative estimate of drug-likeness (QED) is 0.789. The number of anilines is 1. The van der Waals surface area contributed by atoms with Crippen molar-refractivity contribution < 1.29 is 14.3 Å². The lowest BCUT2D eigenvalue weighted by Crippen LogP contribution is -2.17. The molecule has 1 aromatic heterocycles. The highest BCUT2D eigenvalue weighted by atomic mass is 35.5. The molecule has 1 amide bonds. The third kappa shape index (κ3) is 5.01. The van der Waals surface area contributed by atoms with Crippen LogP contribution in [0, 0.1) is 0 Å². The number of halogens is 1. The summed E-state index contributed by atoms with van der Waals surface area (Å²) in [6.45, 7) is 6.27. The lowest BCUT2D eigenvalue weighted by molar-refractivity contribution is 0.0603. The molecule has 136 valence electrons. The van der Waals surface area contributed by atoms with Crippen LogP contribution in [0.5, 0.6) is 0 Å². The molecule has 0 radical (unpaired) electrons. The van der Waals surface area contributed by atoms with Crippen molar-refractivity contribution in [1.82, 2.24) is 4.98 Å². The minimum Gasteiger partial charge on any atom is -0.465 e. The second-order valence-electron chi connectivity index (χ2n) is 6.29. The van der Waals surface area contributed by atoms with Crippen LogP contribution in [0.15, 0.2) is 24.3 Å². The van der Waals surface area contributed by atoms with Crippen molar-refractivity contribution in [3.63, 3.8) is 0 Å². The first-order valence-electron chi connectivity index (χ1n) is 7.46. The van der Waals surface area contributed by atoms with Crippen LogP contribution in [0.25, 0.3) is 0 Å². The van der Waals surface area contributed by atoms with Crippen LogP contribution in [0.1, 0.15) is 52.1 Å². The smallest absolute Gasteiger partial charge is 0.350 e. The average molecular weight is 384 g/mol. The molecule has 0 unspecified atom stereocenters. The maximum absolute atomic E-state index is 12.3. The van der Waals surface area contributed by atoms with Crippen LogP contribution in [-0.2, 0) is 16.7 Å². The van der Waals surface area contributed by atoms with Crippen LogP contribution < -0.4 is 11.1 Å². The van der Waals surface area contributed by atoms with Gasteiger partial charge in [0.05, 0.1) is 12.8 Å². The van der Waals surface area contributed by atoms with Crippen molar-refractivity contribution in [2.75, 3.05) is 12.4 Å². The molecule has 0 aliphatic heterocycles. The van der Waals surface area contributed by atoms with Gasteiger partial charge in [0.15, 0.2) is 5.13 Å². The molecule has 0 aliphatic rings. The van der Waals surface area contributed by atoms with E-state index < -0.39 is 5.97 Å². The van der Waals surface area contributed by atoms with Crippen molar-refractivity contribution in [2.24, 2.45) is 5.73 Å². The summed E-state index contributed by atoms with van der Waals surface area (Å²) < 4.78 is 4.81. The molecule has 0 spiro atoms. The molecule has 6 nitrogen and oxygen atoms in total. The number of hydrogen-bond donors (Lipinski definition) is 2. The molecule has 0 saturated heterocycles. The summed E-state index contributed by atoms with van der Waals surface area (Å²) in [6, 6.07) is 7.02. The second-order valence-corrected chi connectivity index (χ2v) is 7.29. The minimum absolute atomic E-state index is 0. The first-order chi connectivity index (χ1) is 11.3. The highest BCUT2D eigenvalue weighted by molar-refractivity contribution is 7.17. The van der Waals surface area contributed by atoms with Gasteiger partial charge in [0, 0.05) is 17.5 Å². The molecule has 0 aliphatic carbocycles. The molecule has 2 rings (SSSR count). The molecule has 1 heterocycles. The number of amides is 1. The van der Waals surface area contributed by atoms with Gasteiger partial charge in [0.25, 0.3) is 5.91 Å². The maximum atomic E-state index is 12.3. The normalized spacial score (nSPS) is 10.8. The van der Waals surface area contributed by atoms with Gasteiger partial charge in [-0.2, -0.15) is 0 Å². The van der Waals surface area contributed by atoms with Gasteiger partial charge in [0.2, 0.25) is 0 Å². The summed E-state index contributed by atoms with van der Waals surface area (Å²) in [4.78, 5) is 29.1. The summed E-state index contributed by atoms with van der Waals surface area (Å²) >= 11 is 1.11. The van der Waals surface area contributed by atoms with Gasteiger partial charge in [-0.3, -0.25) is 10.1 Å². The average Bonchev–Trinajstić information content (AvgIpc) is 2.98. The monoisotopic (exact) mass is 383 g/mol. The number of hydrogen-bond acceptors (Lipinski definition) is 6. The Balaban J connectivity index is 0.00000312. The van der Waals surface area contributed by atoms with Crippen molar-refractivity contribution in [3.05, 3.63) is 46.0 Å². The number of rotatable bonds is 4. The number of nitrogens with zero attached hydrogens (tertiary/aromatic N) is 1. The third-order valence-electron chi connectivity index (χ3n) is 3.38. The Morgan fingerprint density at radius 1 is 1.24 bits per heavy atom. The van der Waals surface area contributed by atoms with Crippen molar-refractivity contribution in [1.29, 1.82) is 0 Å². The Kier molecular flexibility index (Phi) is 7.10. The minimum atomic E-state index is -0.453. The number of esters is 1. The fraction of sp³-hybridized carbons (Fsp3) is 0.353. The standard InChI is InChI=1S/C17H21N3O3S.ClH/c1-17(2,3)13-12(15(22)23-4)24-16(19-13)20-14(21)11-7-5-10(9-18)6-8-11;/h5-8H,9,18H2,1-4H3,(H,19,20,21);1H. The summed E-state index contributed by atoms with van der Waals surface area (Å²) in [5.41, 5.74) is 7.26. The number of methoxy groups -OCH3 is 1. The van der Waals surface area contributed by atoms with Gasteiger partial charge >= 0.3 is 5.97 Å². The van der Waals surface area contributed by atoms with E-state index in [0.29, 0.717) is 27.8 Å². The lowest BCUT2D eigenvalue weighted by Gasteiger charge is -2.16. The van der Waals surface area contributed by atoms with E-state index in [1.807, 2.05) is 20.8 Å². The van der Waals surface area contributed by atoms with Gasteiger partial charge in [-0.05, 0) is 17.7 Å². The third-order valence-corrected chi connectivity index (χ3v) is 4.33. The SMILES string of the molecule is COC(=O)c1sc(NC(=O)c2ccc(CN)cc2)nc1C(C)(C)C.Cl. The van der Waals surface area contributed by atoms with Crippen molar-refractivity contribution in [2.45, 2.75) is 32.7 Å². The Bertz CT molecular complexity index is 751.